The zero-order valence-electron chi connectivity index (χ0n) is 16.0. The Hall–Kier alpha value is -2.20. The molecule has 0 radical (unpaired) electrons. The van der Waals surface area contributed by atoms with Crippen LogP contribution in [0.25, 0.3) is 10.9 Å². The maximum atomic E-state index is 12.4. The van der Waals surface area contributed by atoms with E-state index in [4.69, 9.17) is 5.73 Å². The Bertz CT molecular complexity index is 1140. The van der Waals surface area contributed by atoms with Crippen molar-refractivity contribution >= 4 is 43.9 Å². The van der Waals surface area contributed by atoms with Crippen LogP contribution in [0.15, 0.2) is 40.9 Å². The number of carbonyl (C=O) groups is 1. The van der Waals surface area contributed by atoms with Gasteiger partial charge in [-0.2, -0.15) is 0 Å². The van der Waals surface area contributed by atoms with Gasteiger partial charge in [-0.3, -0.25) is 0 Å². The third-order valence-electron chi connectivity index (χ3n) is 4.87. The number of rotatable bonds is 5. The van der Waals surface area contributed by atoms with Crippen molar-refractivity contribution in [3.8, 4) is 5.75 Å². The highest BCUT2D eigenvalue weighted by Crippen LogP contribution is 2.45. The van der Waals surface area contributed by atoms with Gasteiger partial charge in [0.05, 0.1) is 21.2 Å². The predicted molar refractivity (Wildman–Crippen MR) is 116 cm³/mol. The second-order valence-corrected chi connectivity index (χ2v) is 9.27. The molecular formula is C20H21BrN2O5S. The summed E-state index contributed by atoms with van der Waals surface area (Å²) in [5, 5.41) is 19.9. The molecule has 2 aromatic carbocycles. The molecule has 0 aliphatic carbocycles. The van der Waals surface area contributed by atoms with E-state index in [2.05, 4.69) is 15.9 Å². The van der Waals surface area contributed by atoms with Crippen LogP contribution in [0.3, 0.4) is 0 Å². The first-order valence-corrected chi connectivity index (χ1v) is 10.6. The average molecular weight is 481 g/mol. The van der Waals surface area contributed by atoms with Gasteiger partial charge < -0.3 is 25.1 Å². The molecule has 1 heterocycles. The number of carboxylic acid groups (broad SMARTS) is 1. The van der Waals surface area contributed by atoms with Crippen LogP contribution < -0.4 is 5.73 Å². The van der Waals surface area contributed by atoms with Gasteiger partial charge in [0.25, 0.3) is 0 Å². The van der Waals surface area contributed by atoms with Gasteiger partial charge in [0, 0.05) is 23.5 Å². The number of nitrogens with zero attached hydrogens (tertiary/aromatic N) is 1. The lowest BCUT2D eigenvalue weighted by molar-refractivity contribution is 0.0697. The second-order valence-electron chi connectivity index (χ2n) is 7.39. The van der Waals surface area contributed by atoms with E-state index in [9.17, 15) is 23.8 Å². The van der Waals surface area contributed by atoms with Crippen molar-refractivity contribution in [1.82, 2.24) is 4.57 Å². The predicted octanol–water partition coefficient (Wildman–Crippen LogP) is 3.85. The SMILES string of the molecule is Cn1c(C(c2ccccc2)S(=O)O)c(C(=O)O)c2c(C(C)(C)N)c(O)c(Br)cc21. The number of phenolic OH excluding ortho intramolecular Hbond substituents is 1. The molecule has 0 aliphatic heterocycles. The van der Waals surface area contributed by atoms with Crippen molar-refractivity contribution in [3.63, 3.8) is 0 Å². The third-order valence-corrected chi connectivity index (χ3v) is 6.38. The average Bonchev–Trinajstić information content (AvgIpc) is 2.88. The molecule has 7 nitrogen and oxygen atoms in total. The highest BCUT2D eigenvalue weighted by Gasteiger charge is 2.36. The molecule has 9 heteroatoms. The summed E-state index contributed by atoms with van der Waals surface area (Å²) in [5.41, 5.74) is 6.42. The van der Waals surface area contributed by atoms with Gasteiger partial charge >= 0.3 is 5.97 Å². The Kier molecular flexibility index (Phi) is 5.61. The normalized spacial score (nSPS) is 14.1. The van der Waals surface area contributed by atoms with Crippen molar-refractivity contribution in [2.24, 2.45) is 12.8 Å². The third kappa shape index (κ3) is 3.59. The molecule has 0 spiro atoms. The Balaban J connectivity index is 2.55. The number of nitrogens with two attached hydrogens (primary N) is 1. The number of hydrogen-bond acceptors (Lipinski definition) is 4. The topological polar surface area (TPSA) is 126 Å². The van der Waals surface area contributed by atoms with Gasteiger partial charge in [0.15, 0.2) is 11.1 Å². The molecule has 0 fully saturated rings. The standard InChI is InChI=1S/C20H21BrN2O5S/c1-20(2,22)15-13-12(9-11(21)17(15)24)23(3)16(14(13)19(25)26)18(29(27)28)10-7-5-4-6-8-10/h4-9,18,24H,22H2,1-3H3,(H,25,26)(H,27,28). The highest BCUT2D eigenvalue weighted by molar-refractivity contribution is 9.10. The van der Waals surface area contributed by atoms with E-state index in [0.29, 0.717) is 15.6 Å². The zero-order valence-corrected chi connectivity index (χ0v) is 18.4. The molecule has 0 saturated carbocycles. The molecule has 0 saturated heterocycles. The van der Waals surface area contributed by atoms with Gasteiger partial charge in [0.2, 0.25) is 0 Å². The van der Waals surface area contributed by atoms with Crippen molar-refractivity contribution in [2.45, 2.75) is 24.6 Å². The van der Waals surface area contributed by atoms with Crippen molar-refractivity contribution in [3.05, 3.63) is 63.3 Å². The van der Waals surface area contributed by atoms with Crippen LogP contribution in [0.2, 0.25) is 0 Å². The van der Waals surface area contributed by atoms with E-state index in [1.54, 1.807) is 61.9 Å². The zero-order chi connectivity index (χ0) is 21.7. The number of hydrogen-bond donors (Lipinski definition) is 4. The fourth-order valence-electron chi connectivity index (χ4n) is 3.72. The Morgan fingerprint density at radius 1 is 1.28 bits per heavy atom. The molecular weight excluding hydrogens is 460 g/mol. The first-order valence-electron chi connectivity index (χ1n) is 8.67. The number of benzene rings is 2. The fraction of sp³-hybridized carbons (Fsp3) is 0.250. The number of halogens is 1. The summed E-state index contributed by atoms with van der Waals surface area (Å²) in [6.07, 6.45) is 0. The first-order chi connectivity index (χ1) is 13.5. The van der Waals surface area contributed by atoms with Crippen LogP contribution in [-0.2, 0) is 23.7 Å². The smallest absolute Gasteiger partial charge is 0.338 e. The Morgan fingerprint density at radius 3 is 2.34 bits per heavy atom. The first kappa shape index (κ1) is 21.5. The minimum Gasteiger partial charge on any atom is -0.506 e. The van der Waals surface area contributed by atoms with E-state index in [0.717, 1.165) is 0 Å². The molecule has 154 valence electrons. The molecule has 1 aromatic heterocycles. The van der Waals surface area contributed by atoms with Gasteiger partial charge in [-0.25, -0.2) is 9.00 Å². The summed E-state index contributed by atoms with van der Waals surface area (Å²) in [6, 6.07) is 10.1. The summed E-state index contributed by atoms with van der Waals surface area (Å²) in [5.74, 6) is -1.43. The number of aryl methyl sites for hydroxylation is 1. The van der Waals surface area contributed by atoms with Crippen molar-refractivity contribution in [1.29, 1.82) is 0 Å². The van der Waals surface area contributed by atoms with Gasteiger partial charge in [-0.05, 0) is 41.4 Å². The van der Waals surface area contributed by atoms with Gasteiger partial charge in [0.1, 0.15) is 11.0 Å². The maximum Gasteiger partial charge on any atom is 0.338 e. The second kappa shape index (κ2) is 7.56. The van der Waals surface area contributed by atoms with Crippen LogP contribution >= 0.6 is 15.9 Å². The van der Waals surface area contributed by atoms with Crippen LogP contribution in [0.1, 0.15) is 46.3 Å². The number of carboxylic acids is 1. The van der Waals surface area contributed by atoms with E-state index < -0.39 is 27.8 Å². The minimum absolute atomic E-state index is 0.155. The fourth-order valence-corrected chi connectivity index (χ4v) is 4.99. The molecule has 29 heavy (non-hydrogen) atoms. The van der Waals surface area contributed by atoms with Gasteiger partial charge in [-0.1, -0.05) is 30.3 Å². The van der Waals surface area contributed by atoms with Crippen LogP contribution in [0.4, 0.5) is 0 Å². The number of aromatic carboxylic acids is 1. The number of phenols is 1. The number of aromatic hydroxyl groups is 1. The Labute approximate surface area is 178 Å². The Morgan fingerprint density at radius 2 is 1.86 bits per heavy atom. The van der Waals surface area contributed by atoms with Crippen LogP contribution in [0, 0.1) is 0 Å². The van der Waals surface area contributed by atoms with E-state index in [1.807, 2.05) is 0 Å². The van der Waals surface area contributed by atoms with Crippen molar-refractivity contribution < 1.29 is 23.8 Å². The lowest BCUT2D eigenvalue weighted by Gasteiger charge is -2.23. The van der Waals surface area contributed by atoms with E-state index >= 15 is 0 Å². The summed E-state index contributed by atoms with van der Waals surface area (Å²) in [4.78, 5) is 12.4. The number of aromatic nitrogens is 1. The largest absolute Gasteiger partial charge is 0.506 e. The lowest BCUT2D eigenvalue weighted by Crippen LogP contribution is -2.29. The molecule has 3 rings (SSSR count). The molecule has 0 bridgehead atoms. The van der Waals surface area contributed by atoms with E-state index in [-0.39, 0.29) is 28.0 Å². The monoisotopic (exact) mass is 480 g/mol. The molecule has 5 N–H and O–H groups in total. The maximum absolute atomic E-state index is 12.4. The summed E-state index contributed by atoms with van der Waals surface area (Å²) in [7, 11) is 1.63. The summed E-state index contributed by atoms with van der Waals surface area (Å²) in [6.45, 7) is 3.32. The molecule has 2 unspecified atom stereocenters. The quantitative estimate of drug-likeness (QED) is 0.410. The number of fused-ring (bicyclic) bond motifs is 1. The minimum atomic E-state index is -2.40. The van der Waals surface area contributed by atoms with Gasteiger partial charge in [-0.15, -0.1) is 0 Å². The van der Waals surface area contributed by atoms with Crippen LogP contribution in [-0.4, -0.2) is 29.5 Å². The van der Waals surface area contributed by atoms with Crippen molar-refractivity contribution in [2.75, 3.05) is 0 Å². The molecule has 2 atom stereocenters. The lowest BCUT2D eigenvalue weighted by atomic mass is 9.89. The molecule has 3 aromatic rings. The molecule has 0 amide bonds. The highest BCUT2D eigenvalue weighted by atomic mass is 79.9. The summed E-state index contributed by atoms with van der Waals surface area (Å²) < 4.78 is 24.4. The van der Waals surface area contributed by atoms with Crippen LogP contribution in [0.5, 0.6) is 5.75 Å². The molecule has 0 aliphatic rings. The summed E-state index contributed by atoms with van der Waals surface area (Å²) >= 11 is 0.903. The van der Waals surface area contributed by atoms with E-state index in [1.165, 1.54) is 0 Å².